The van der Waals surface area contributed by atoms with Gasteiger partial charge in [-0.05, 0) is 46.8 Å². The molecule has 3 aromatic rings. The maximum Gasteiger partial charge on any atom is 0.340 e. The molecule has 0 aliphatic carbocycles. The van der Waals surface area contributed by atoms with Crippen molar-refractivity contribution in [3.8, 4) is 0 Å². The molecule has 1 aliphatic heterocycles. The van der Waals surface area contributed by atoms with Crippen LogP contribution in [-0.4, -0.2) is 31.7 Å². The smallest absolute Gasteiger partial charge is 0.340 e. The van der Waals surface area contributed by atoms with Gasteiger partial charge < -0.3 is 5.11 Å². The van der Waals surface area contributed by atoms with Crippen LogP contribution in [0.5, 0.6) is 0 Å². The van der Waals surface area contributed by atoms with Crippen LogP contribution in [0, 0.1) is 0 Å². The monoisotopic (exact) mass is 408 g/mol. The fraction of sp³-hybridized carbons (Fsp3) is 0.235. The maximum atomic E-state index is 12.7. The van der Waals surface area contributed by atoms with Crippen LogP contribution in [0.15, 0.2) is 51.4 Å². The first-order chi connectivity index (χ1) is 12.4. The number of carbonyl (C=O) groups is 1. The van der Waals surface area contributed by atoms with Crippen molar-refractivity contribution < 1.29 is 18.3 Å². The lowest BCUT2D eigenvalue weighted by Crippen LogP contribution is -2.63. The lowest BCUT2D eigenvalue weighted by molar-refractivity contribution is -0.145. The quantitative estimate of drug-likeness (QED) is 0.603. The Labute approximate surface area is 158 Å². The fourth-order valence-corrected chi connectivity index (χ4v) is 6.81. The van der Waals surface area contributed by atoms with E-state index >= 15 is 0 Å². The van der Waals surface area contributed by atoms with E-state index in [1.807, 2.05) is 29.6 Å². The molecule has 6 nitrogen and oxygen atoms in total. The summed E-state index contributed by atoms with van der Waals surface area (Å²) in [5, 5.41) is 17.4. The number of hydrogen-bond acceptors (Lipinski definition) is 6. The van der Waals surface area contributed by atoms with Gasteiger partial charge in [0.2, 0.25) is 0 Å². The predicted octanol–water partition coefficient (Wildman–Crippen LogP) is 2.80. The minimum absolute atomic E-state index is 0.0979. The number of benzene rings is 1. The molecule has 136 valence electrons. The number of carboxylic acids is 1. The first-order valence-corrected chi connectivity index (χ1v) is 11.2. The Morgan fingerprint density at radius 1 is 1.23 bits per heavy atom. The van der Waals surface area contributed by atoms with E-state index < -0.39 is 27.6 Å². The Hall–Kier alpha value is -1.78. The third kappa shape index (κ3) is 2.76. The second kappa shape index (κ2) is 6.43. The number of thiophene rings is 2. The number of hydrogen-bond donors (Lipinski definition) is 3. The van der Waals surface area contributed by atoms with Crippen molar-refractivity contribution in [1.29, 1.82) is 0 Å². The Balaban J connectivity index is 1.81. The fourth-order valence-electron chi connectivity index (χ4n) is 3.46. The predicted molar refractivity (Wildman–Crippen MR) is 102 cm³/mol. The summed E-state index contributed by atoms with van der Waals surface area (Å²) in [6.07, 6.45) is 0.528. The van der Waals surface area contributed by atoms with Crippen molar-refractivity contribution in [1.82, 2.24) is 10.0 Å². The van der Waals surface area contributed by atoms with Gasteiger partial charge in [0.25, 0.3) is 10.0 Å². The van der Waals surface area contributed by atoms with Crippen molar-refractivity contribution in [3.63, 3.8) is 0 Å². The standard InChI is InChI=1S/C17H16N2O4S3/c20-16(21)17(19-26(22,23)15-6-3-9-24-15)13(7-8-18-17)12-10-25-14-5-2-1-4-11(12)14/h1-6,9-10,13,18-19H,7-8H2,(H,20,21)/t13?,17-/m1/s1. The highest BCUT2D eigenvalue weighted by Gasteiger charge is 2.53. The third-order valence-corrected chi connectivity index (χ3v) is 8.49. The van der Waals surface area contributed by atoms with Gasteiger partial charge in [-0.1, -0.05) is 24.3 Å². The topological polar surface area (TPSA) is 95.5 Å². The van der Waals surface area contributed by atoms with Gasteiger partial charge in [-0.3, -0.25) is 5.32 Å². The number of nitrogens with one attached hydrogen (secondary N) is 2. The van der Waals surface area contributed by atoms with Crippen LogP contribution >= 0.6 is 22.7 Å². The molecule has 26 heavy (non-hydrogen) atoms. The van der Waals surface area contributed by atoms with Crippen LogP contribution in [-0.2, 0) is 14.8 Å². The van der Waals surface area contributed by atoms with E-state index in [9.17, 15) is 18.3 Å². The summed E-state index contributed by atoms with van der Waals surface area (Å²) >= 11 is 2.59. The summed E-state index contributed by atoms with van der Waals surface area (Å²) in [5.74, 6) is -1.73. The molecule has 0 amide bonds. The molecule has 0 radical (unpaired) electrons. The van der Waals surface area contributed by atoms with Crippen LogP contribution in [0.3, 0.4) is 0 Å². The lowest BCUT2D eigenvalue weighted by atomic mass is 9.87. The molecule has 3 N–H and O–H groups in total. The maximum absolute atomic E-state index is 12.7. The first-order valence-electron chi connectivity index (χ1n) is 7.96. The molecule has 0 saturated carbocycles. The van der Waals surface area contributed by atoms with Crippen molar-refractivity contribution in [2.24, 2.45) is 0 Å². The van der Waals surface area contributed by atoms with Gasteiger partial charge in [-0.2, -0.15) is 4.72 Å². The van der Waals surface area contributed by atoms with Gasteiger partial charge in [-0.25, -0.2) is 13.2 Å². The van der Waals surface area contributed by atoms with Crippen molar-refractivity contribution in [3.05, 3.63) is 52.7 Å². The molecule has 2 atom stereocenters. The van der Waals surface area contributed by atoms with E-state index in [-0.39, 0.29) is 4.21 Å². The zero-order chi connectivity index (χ0) is 18.4. The van der Waals surface area contributed by atoms with E-state index in [0.29, 0.717) is 13.0 Å². The van der Waals surface area contributed by atoms with Crippen molar-refractivity contribution in [2.75, 3.05) is 6.54 Å². The van der Waals surface area contributed by atoms with E-state index in [1.165, 1.54) is 17.4 Å². The molecule has 1 saturated heterocycles. The molecule has 0 bridgehead atoms. The summed E-state index contributed by atoms with van der Waals surface area (Å²) < 4.78 is 29.1. The minimum atomic E-state index is -3.95. The Morgan fingerprint density at radius 3 is 2.77 bits per heavy atom. The third-order valence-electron chi connectivity index (χ3n) is 4.64. The average molecular weight is 409 g/mol. The molecule has 9 heteroatoms. The highest BCUT2D eigenvalue weighted by Crippen LogP contribution is 2.41. The number of fused-ring (bicyclic) bond motifs is 1. The van der Waals surface area contributed by atoms with Crippen LogP contribution in [0.4, 0.5) is 0 Å². The van der Waals surface area contributed by atoms with Gasteiger partial charge in [0.1, 0.15) is 4.21 Å². The SMILES string of the molecule is O=C(O)[C@@]1(NS(=O)(=O)c2cccs2)NCCC1c1csc2ccccc12. The van der Waals surface area contributed by atoms with Crippen LogP contribution in [0.1, 0.15) is 17.9 Å². The van der Waals surface area contributed by atoms with Gasteiger partial charge >= 0.3 is 5.97 Å². The van der Waals surface area contributed by atoms with Crippen LogP contribution in [0.25, 0.3) is 10.1 Å². The van der Waals surface area contributed by atoms with Gasteiger partial charge in [0.05, 0.1) is 0 Å². The van der Waals surface area contributed by atoms with Gasteiger partial charge in [-0.15, -0.1) is 22.7 Å². The zero-order valence-corrected chi connectivity index (χ0v) is 16.0. The lowest BCUT2D eigenvalue weighted by Gasteiger charge is -2.31. The summed E-state index contributed by atoms with van der Waals surface area (Å²) in [5.41, 5.74) is -0.918. The molecule has 3 heterocycles. The second-order valence-electron chi connectivity index (χ2n) is 6.11. The molecule has 0 spiro atoms. The van der Waals surface area contributed by atoms with Crippen LogP contribution < -0.4 is 10.0 Å². The minimum Gasteiger partial charge on any atom is -0.479 e. The number of rotatable bonds is 5. The Bertz CT molecular complexity index is 1060. The Morgan fingerprint density at radius 2 is 2.04 bits per heavy atom. The Kier molecular flexibility index (Phi) is 4.36. The normalized spacial score (nSPS) is 23.5. The van der Waals surface area contributed by atoms with E-state index in [2.05, 4.69) is 10.0 Å². The molecule has 1 aromatic carbocycles. The molecule has 4 rings (SSSR count). The summed E-state index contributed by atoms with van der Waals surface area (Å²) in [6.45, 7) is 0.411. The van der Waals surface area contributed by atoms with Crippen molar-refractivity contribution >= 4 is 48.8 Å². The summed E-state index contributed by atoms with van der Waals surface area (Å²) in [4.78, 5) is 12.2. The molecule has 1 aliphatic rings. The summed E-state index contributed by atoms with van der Waals surface area (Å²) in [6, 6.07) is 10.8. The second-order valence-corrected chi connectivity index (χ2v) is 9.87. The number of carboxylic acid groups (broad SMARTS) is 1. The largest absolute Gasteiger partial charge is 0.479 e. The highest BCUT2D eigenvalue weighted by molar-refractivity contribution is 7.91. The molecule has 2 aromatic heterocycles. The molecule has 1 unspecified atom stereocenters. The molecular weight excluding hydrogens is 392 g/mol. The average Bonchev–Trinajstić information content (AvgIpc) is 3.34. The summed E-state index contributed by atoms with van der Waals surface area (Å²) in [7, 11) is -3.95. The van der Waals surface area contributed by atoms with E-state index in [1.54, 1.807) is 11.4 Å². The number of sulfonamides is 1. The van der Waals surface area contributed by atoms with E-state index in [4.69, 9.17) is 0 Å². The highest BCUT2D eigenvalue weighted by atomic mass is 32.2. The zero-order valence-electron chi connectivity index (χ0n) is 13.5. The van der Waals surface area contributed by atoms with Crippen molar-refractivity contribution in [2.45, 2.75) is 22.2 Å². The van der Waals surface area contributed by atoms with Crippen LogP contribution in [0.2, 0.25) is 0 Å². The van der Waals surface area contributed by atoms with Gasteiger partial charge in [0, 0.05) is 10.6 Å². The number of aliphatic carboxylic acids is 1. The molecule has 1 fully saturated rings. The van der Waals surface area contributed by atoms with Gasteiger partial charge in [0.15, 0.2) is 5.66 Å². The van der Waals surface area contributed by atoms with E-state index in [0.717, 1.165) is 27.0 Å². The first kappa shape index (κ1) is 17.6. The molecular formula is C17H16N2O4S3.